The molecule has 1 fully saturated rings. The normalized spacial score (nSPS) is 22.7. The number of aromatic amines is 1. The maximum Gasteiger partial charge on any atom is 0.263 e. The Morgan fingerprint density at radius 1 is 1.58 bits per heavy atom. The number of rotatable bonds is 1. The summed E-state index contributed by atoms with van der Waals surface area (Å²) in [5.41, 5.74) is -0.184. The van der Waals surface area contributed by atoms with Gasteiger partial charge in [-0.1, -0.05) is 0 Å². The van der Waals surface area contributed by atoms with Gasteiger partial charge in [-0.3, -0.25) is 9.36 Å². The molecule has 1 atom stereocenters. The van der Waals surface area contributed by atoms with Crippen molar-refractivity contribution < 1.29 is 4.74 Å². The van der Waals surface area contributed by atoms with Crippen molar-refractivity contribution >= 4 is 33.8 Å². The number of fused-ring (bicyclic) bond motifs is 1. The molecule has 102 valence electrons. The highest BCUT2D eigenvalue weighted by molar-refractivity contribution is 7.71. The van der Waals surface area contributed by atoms with E-state index in [2.05, 4.69) is 18.8 Å². The highest BCUT2D eigenvalue weighted by atomic mass is 32.1. The highest BCUT2D eigenvalue weighted by Gasteiger charge is 2.31. The van der Waals surface area contributed by atoms with E-state index < -0.39 is 0 Å². The number of nitrogens with zero attached hydrogens (tertiary/aromatic N) is 1. The Bertz CT molecular complexity index is 726. The van der Waals surface area contributed by atoms with Gasteiger partial charge in [0.25, 0.3) is 5.56 Å². The first-order chi connectivity index (χ1) is 8.98. The van der Waals surface area contributed by atoms with Crippen LogP contribution in [0.25, 0.3) is 10.2 Å². The first-order valence-electron chi connectivity index (χ1n) is 6.34. The second kappa shape index (κ2) is 4.54. The van der Waals surface area contributed by atoms with E-state index in [1.165, 1.54) is 11.3 Å². The molecule has 1 aliphatic heterocycles. The summed E-state index contributed by atoms with van der Waals surface area (Å²) in [6.07, 6.45) is 1.64. The van der Waals surface area contributed by atoms with E-state index in [-0.39, 0.29) is 17.2 Å². The first kappa shape index (κ1) is 13.0. The molecule has 1 N–H and O–H groups in total. The van der Waals surface area contributed by atoms with E-state index in [1.807, 2.05) is 11.4 Å². The third-order valence-electron chi connectivity index (χ3n) is 3.59. The van der Waals surface area contributed by atoms with Gasteiger partial charge >= 0.3 is 0 Å². The zero-order valence-electron chi connectivity index (χ0n) is 10.9. The van der Waals surface area contributed by atoms with E-state index in [9.17, 15) is 4.79 Å². The van der Waals surface area contributed by atoms with Gasteiger partial charge in [-0.25, -0.2) is 0 Å². The van der Waals surface area contributed by atoms with Crippen LogP contribution in [0.1, 0.15) is 32.7 Å². The number of nitrogens with one attached hydrogen (secondary N) is 1. The molecule has 3 rings (SSSR count). The number of H-pyrrole nitrogens is 1. The zero-order chi connectivity index (χ0) is 13.6. The van der Waals surface area contributed by atoms with Crippen LogP contribution < -0.4 is 5.56 Å². The summed E-state index contributed by atoms with van der Waals surface area (Å²) >= 11 is 6.87. The van der Waals surface area contributed by atoms with Crippen LogP contribution in [0, 0.1) is 4.77 Å². The highest BCUT2D eigenvalue weighted by Crippen LogP contribution is 2.31. The average Bonchev–Trinajstić information content (AvgIpc) is 2.76. The molecule has 3 heterocycles. The van der Waals surface area contributed by atoms with Crippen LogP contribution in [-0.2, 0) is 4.74 Å². The van der Waals surface area contributed by atoms with Gasteiger partial charge in [0.15, 0.2) is 4.77 Å². The third kappa shape index (κ3) is 2.28. The lowest BCUT2D eigenvalue weighted by Gasteiger charge is -2.36. The maximum absolute atomic E-state index is 12.6. The van der Waals surface area contributed by atoms with Crippen LogP contribution in [0.3, 0.4) is 0 Å². The smallest absolute Gasteiger partial charge is 0.263 e. The van der Waals surface area contributed by atoms with Crippen molar-refractivity contribution in [2.24, 2.45) is 0 Å². The molecule has 0 aromatic carbocycles. The molecule has 4 nitrogen and oxygen atoms in total. The van der Waals surface area contributed by atoms with Crippen LogP contribution in [0.4, 0.5) is 0 Å². The van der Waals surface area contributed by atoms with Crippen molar-refractivity contribution in [3.8, 4) is 0 Å². The SMILES string of the molecule is CC1(C)CC(n2c(=S)[nH]c3sccc3c2=O)CCO1. The van der Waals surface area contributed by atoms with Gasteiger partial charge < -0.3 is 9.72 Å². The monoisotopic (exact) mass is 296 g/mol. The molecule has 0 aliphatic carbocycles. The number of aromatic nitrogens is 2. The van der Waals surface area contributed by atoms with Crippen molar-refractivity contribution in [1.29, 1.82) is 0 Å². The van der Waals surface area contributed by atoms with E-state index in [0.29, 0.717) is 11.4 Å². The number of hydrogen-bond donors (Lipinski definition) is 1. The number of hydrogen-bond acceptors (Lipinski definition) is 4. The van der Waals surface area contributed by atoms with Crippen LogP contribution in [0.15, 0.2) is 16.2 Å². The molecular formula is C13H16N2O2S2. The van der Waals surface area contributed by atoms with Crippen molar-refractivity contribution in [1.82, 2.24) is 9.55 Å². The Kier molecular flexibility index (Phi) is 3.11. The average molecular weight is 296 g/mol. The van der Waals surface area contributed by atoms with Crippen molar-refractivity contribution in [2.45, 2.75) is 38.3 Å². The fourth-order valence-corrected chi connectivity index (χ4v) is 3.88. The molecule has 0 radical (unpaired) electrons. The summed E-state index contributed by atoms with van der Waals surface area (Å²) in [7, 11) is 0. The third-order valence-corrected chi connectivity index (χ3v) is 4.72. The second-order valence-corrected chi connectivity index (χ2v) is 6.83. The topological polar surface area (TPSA) is 47.0 Å². The molecule has 1 unspecified atom stereocenters. The first-order valence-corrected chi connectivity index (χ1v) is 7.63. The number of thiophene rings is 1. The van der Waals surface area contributed by atoms with Gasteiger partial charge in [0.2, 0.25) is 0 Å². The predicted molar refractivity (Wildman–Crippen MR) is 79.6 cm³/mol. The van der Waals surface area contributed by atoms with Gasteiger partial charge in [-0.15, -0.1) is 11.3 Å². The molecule has 0 amide bonds. The molecular weight excluding hydrogens is 280 g/mol. The Morgan fingerprint density at radius 2 is 2.37 bits per heavy atom. The molecule has 0 bridgehead atoms. The lowest BCUT2D eigenvalue weighted by atomic mass is 9.94. The van der Waals surface area contributed by atoms with Crippen LogP contribution in [0.2, 0.25) is 0 Å². The zero-order valence-corrected chi connectivity index (χ0v) is 12.6. The van der Waals surface area contributed by atoms with Gasteiger partial charge in [0, 0.05) is 12.6 Å². The fourth-order valence-electron chi connectivity index (χ4n) is 2.71. The summed E-state index contributed by atoms with van der Waals surface area (Å²) in [6, 6.07) is 1.97. The lowest BCUT2D eigenvalue weighted by molar-refractivity contribution is -0.0698. The minimum absolute atomic E-state index is 0.0164. The maximum atomic E-state index is 12.6. The Morgan fingerprint density at radius 3 is 3.11 bits per heavy atom. The molecule has 0 spiro atoms. The van der Waals surface area contributed by atoms with Gasteiger partial charge in [-0.05, 0) is 50.4 Å². The van der Waals surface area contributed by atoms with E-state index in [1.54, 1.807) is 4.57 Å². The Labute approximate surface area is 120 Å². The van der Waals surface area contributed by atoms with Crippen molar-refractivity contribution in [3.05, 3.63) is 26.6 Å². The lowest BCUT2D eigenvalue weighted by Crippen LogP contribution is -2.38. The van der Waals surface area contributed by atoms with Gasteiger partial charge in [0.1, 0.15) is 4.83 Å². The summed E-state index contributed by atoms with van der Waals surface area (Å²) in [5.74, 6) is 0. The summed E-state index contributed by atoms with van der Waals surface area (Å²) in [6.45, 7) is 4.78. The second-order valence-electron chi connectivity index (χ2n) is 5.52. The molecule has 1 aliphatic rings. The summed E-state index contributed by atoms with van der Waals surface area (Å²) < 4.78 is 7.96. The summed E-state index contributed by atoms with van der Waals surface area (Å²) in [5, 5.41) is 2.64. The quantitative estimate of drug-likeness (QED) is 0.822. The van der Waals surface area contributed by atoms with E-state index >= 15 is 0 Å². The van der Waals surface area contributed by atoms with Crippen molar-refractivity contribution in [3.63, 3.8) is 0 Å². The molecule has 2 aromatic heterocycles. The number of ether oxygens (including phenoxy) is 1. The Balaban J connectivity index is 2.14. The van der Waals surface area contributed by atoms with Gasteiger partial charge in [0.05, 0.1) is 11.0 Å². The van der Waals surface area contributed by atoms with Gasteiger partial charge in [-0.2, -0.15) is 0 Å². The fraction of sp³-hybridized carbons (Fsp3) is 0.538. The Hall–Kier alpha value is -0.980. The molecule has 2 aromatic rings. The van der Waals surface area contributed by atoms with E-state index in [0.717, 1.165) is 23.1 Å². The predicted octanol–water partition coefficient (Wildman–Crippen LogP) is 3.25. The molecule has 1 saturated heterocycles. The van der Waals surface area contributed by atoms with Crippen LogP contribution in [0.5, 0.6) is 0 Å². The minimum Gasteiger partial charge on any atom is -0.375 e. The van der Waals surface area contributed by atoms with Crippen LogP contribution in [-0.4, -0.2) is 21.8 Å². The minimum atomic E-state index is -0.201. The largest absolute Gasteiger partial charge is 0.375 e. The van der Waals surface area contributed by atoms with Crippen LogP contribution >= 0.6 is 23.6 Å². The standard InChI is InChI=1S/C13H16N2O2S2/c1-13(2)7-8(3-5-17-13)15-11(16)9-4-6-19-10(9)14-12(15)18/h4,6,8H,3,5,7H2,1-2H3,(H,14,18). The molecule has 0 saturated carbocycles. The molecule has 19 heavy (non-hydrogen) atoms. The molecule has 6 heteroatoms. The summed E-state index contributed by atoms with van der Waals surface area (Å²) in [4.78, 5) is 16.6. The van der Waals surface area contributed by atoms with E-state index in [4.69, 9.17) is 17.0 Å². The van der Waals surface area contributed by atoms with Crippen molar-refractivity contribution in [2.75, 3.05) is 6.61 Å².